The van der Waals surface area contributed by atoms with Crippen LogP contribution in [-0.2, 0) is 36.9 Å². The second kappa shape index (κ2) is 18.6. The minimum atomic E-state index is -1.08. The Balaban J connectivity index is 1.80. The largest absolute Gasteiger partial charge is 0.490 e. The molecule has 1 unspecified atom stereocenters. The van der Waals surface area contributed by atoms with Crippen LogP contribution in [0.3, 0.4) is 0 Å². The predicted octanol–water partition coefficient (Wildman–Crippen LogP) is 5.31. The molecule has 45 heavy (non-hydrogen) atoms. The van der Waals surface area contributed by atoms with Crippen molar-refractivity contribution in [1.29, 1.82) is 0 Å². The smallest absolute Gasteiger partial charge is 0.328 e. The zero-order valence-electron chi connectivity index (χ0n) is 25.1. The molecule has 0 aliphatic rings. The van der Waals surface area contributed by atoms with E-state index in [-0.39, 0.29) is 59.6 Å². The average molecular weight is 660 g/mol. The summed E-state index contributed by atoms with van der Waals surface area (Å²) in [7, 11) is 3.05. The SMILES string of the molecule is CNCCCCOc1c(Cl)cc(C(=O)NC(Cc2ccccc2)C(=O)OC)c(OC(=O)CCC(=O)OCc2ccccc2)c1Cl. The Bertz CT molecular complexity index is 1440. The Labute approximate surface area is 272 Å². The van der Waals surface area contributed by atoms with E-state index in [0.717, 1.165) is 24.1 Å². The highest BCUT2D eigenvalue weighted by molar-refractivity contribution is 6.39. The molecule has 3 aromatic rings. The van der Waals surface area contributed by atoms with Crippen molar-refractivity contribution >= 4 is 47.0 Å². The minimum absolute atomic E-state index is 0.000678. The molecule has 1 atom stereocenters. The summed E-state index contributed by atoms with van der Waals surface area (Å²) in [6.45, 7) is 1.10. The predicted molar refractivity (Wildman–Crippen MR) is 170 cm³/mol. The molecule has 0 aliphatic carbocycles. The van der Waals surface area contributed by atoms with Crippen LogP contribution >= 0.6 is 23.2 Å². The zero-order valence-corrected chi connectivity index (χ0v) is 26.6. The fraction of sp³-hybridized carbons (Fsp3) is 0.333. The number of amides is 1. The number of halogens is 2. The summed E-state index contributed by atoms with van der Waals surface area (Å²) in [5.41, 5.74) is 1.36. The normalized spacial score (nSPS) is 11.3. The number of benzene rings is 3. The molecular formula is C33H36Cl2N2O8. The van der Waals surface area contributed by atoms with Crippen LogP contribution in [0.1, 0.15) is 47.2 Å². The van der Waals surface area contributed by atoms with Crippen LogP contribution in [0.5, 0.6) is 11.5 Å². The summed E-state index contributed by atoms with van der Waals surface area (Å²) in [6, 6.07) is 18.3. The Morgan fingerprint density at radius 2 is 1.49 bits per heavy atom. The molecule has 10 nitrogen and oxygen atoms in total. The van der Waals surface area contributed by atoms with Crippen LogP contribution in [0.4, 0.5) is 0 Å². The van der Waals surface area contributed by atoms with Crippen molar-refractivity contribution in [3.05, 3.63) is 93.5 Å². The first kappa shape index (κ1) is 35.4. The summed E-state index contributed by atoms with van der Waals surface area (Å²) < 4.78 is 21.5. The molecule has 1 amide bonds. The third kappa shape index (κ3) is 11.4. The van der Waals surface area contributed by atoms with E-state index in [1.54, 1.807) is 24.3 Å². The van der Waals surface area contributed by atoms with Gasteiger partial charge in [-0.15, -0.1) is 0 Å². The number of nitrogens with one attached hydrogen (secondary N) is 2. The first-order valence-electron chi connectivity index (χ1n) is 14.4. The van der Waals surface area contributed by atoms with Crippen molar-refractivity contribution in [2.24, 2.45) is 0 Å². The lowest BCUT2D eigenvalue weighted by Gasteiger charge is -2.20. The van der Waals surface area contributed by atoms with Crippen LogP contribution in [-0.4, -0.2) is 57.2 Å². The standard InChI is InChI=1S/C33H36Cl2N2O8/c1-36-17-9-10-18-43-31-25(34)20-24(32(40)37-26(33(41)42-2)19-22-11-5-3-6-12-22)30(29(31)35)45-28(39)16-15-27(38)44-21-23-13-7-4-8-14-23/h3-8,11-14,20,26,36H,9-10,15-19,21H2,1-2H3,(H,37,40). The highest BCUT2D eigenvalue weighted by Gasteiger charge is 2.29. The summed E-state index contributed by atoms with van der Waals surface area (Å²) in [5.74, 6) is -3.23. The van der Waals surface area contributed by atoms with Gasteiger partial charge in [0.2, 0.25) is 0 Å². The second-order valence-electron chi connectivity index (χ2n) is 9.90. The van der Waals surface area contributed by atoms with Crippen LogP contribution in [0.15, 0.2) is 66.7 Å². The lowest BCUT2D eigenvalue weighted by atomic mass is 10.1. The molecule has 0 fully saturated rings. The van der Waals surface area contributed by atoms with E-state index in [0.29, 0.717) is 6.42 Å². The van der Waals surface area contributed by atoms with E-state index in [1.165, 1.54) is 13.2 Å². The van der Waals surface area contributed by atoms with E-state index in [4.69, 9.17) is 42.1 Å². The summed E-state index contributed by atoms with van der Waals surface area (Å²) >= 11 is 13.1. The van der Waals surface area contributed by atoms with Crippen LogP contribution in [0.2, 0.25) is 10.0 Å². The van der Waals surface area contributed by atoms with Gasteiger partial charge in [-0.3, -0.25) is 14.4 Å². The maximum absolute atomic E-state index is 13.6. The number of carbonyl (C=O) groups excluding carboxylic acids is 4. The molecular weight excluding hydrogens is 623 g/mol. The number of ether oxygens (including phenoxy) is 4. The Morgan fingerprint density at radius 3 is 2.13 bits per heavy atom. The minimum Gasteiger partial charge on any atom is -0.490 e. The van der Waals surface area contributed by atoms with Gasteiger partial charge in [0.15, 0.2) is 11.5 Å². The van der Waals surface area contributed by atoms with Gasteiger partial charge in [-0.25, -0.2) is 4.79 Å². The summed E-state index contributed by atoms with van der Waals surface area (Å²) in [6.07, 6.45) is 1.01. The lowest BCUT2D eigenvalue weighted by molar-refractivity contribution is -0.148. The maximum Gasteiger partial charge on any atom is 0.328 e. The Kier molecular flexibility index (Phi) is 14.6. The van der Waals surface area contributed by atoms with E-state index in [9.17, 15) is 19.2 Å². The van der Waals surface area contributed by atoms with Gasteiger partial charge in [-0.1, -0.05) is 83.9 Å². The molecule has 0 heterocycles. The maximum atomic E-state index is 13.6. The van der Waals surface area contributed by atoms with Gasteiger partial charge in [-0.05, 0) is 43.6 Å². The Morgan fingerprint density at radius 1 is 0.844 bits per heavy atom. The molecule has 0 saturated carbocycles. The van der Waals surface area contributed by atoms with Crippen molar-refractivity contribution in [3.63, 3.8) is 0 Å². The van der Waals surface area contributed by atoms with Crippen LogP contribution < -0.4 is 20.1 Å². The molecule has 240 valence electrons. The number of methoxy groups -OCH3 is 1. The topological polar surface area (TPSA) is 129 Å². The molecule has 12 heteroatoms. The first-order valence-corrected chi connectivity index (χ1v) is 15.1. The number of unbranched alkanes of at least 4 members (excludes halogenated alkanes) is 1. The van der Waals surface area contributed by atoms with Crippen molar-refractivity contribution in [2.75, 3.05) is 27.3 Å². The van der Waals surface area contributed by atoms with Gasteiger partial charge in [0.05, 0.1) is 37.1 Å². The molecule has 0 spiro atoms. The quantitative estimate of drug-likeness (QED) is 0.113. The van der Waals surface area contributed by atoms with Gasteiger partial charge in [0.1, 0.15) is 17.7 Å². The third-order valence-corrected chi connectivity index (χ3v) is 7.13. The van der Waals surface area contributed by atoms with Crippen LogP contribution in [0, 0.1) is 0 Å². The third-order valence-electron chi connectivity index (χ3n) is 6.51. The summed E-state index contributed by atoms with van der Waals surface area (Å²) in [4.78, 5) is 51.3. The summed E-state index contributed by atoms with van der Waals surface area (Å²) in [5, 5.41) is 5.46. The number of rotatable bonds is 17. The van der Waals surface area contributed by atoms with Gasteiger partial charge in [0.25, 0.3) is 5.91 Å². The molecule has 0 aromatic heterocycles. The molecule has 0 bridgehead atoms. The number of hydrogen-bond acceptors (Lipinski definition) is 9. The fourth-order valence-electron chi connectivity index (χ4n) is 4.16. The monoisotopic (exact) mass is 658 g/mol. The molecule has 2 N–H and O–H groups in total. The van der Waals surface area contributed by atoms with E-state index >= 15 is 0 Å². The van der Waals surface area contributed by atoms with Gasteiger partial charge in [0, 0.05) is 6.42 Å². The number of hydrogen-bond donors (Lipinski definition) is 2. The molecule has 3 rings (SSSR count). The highest BCUT2D eigenvalue weighted by atomic mass is 35.5. The van der Waals surface area contributed by atoms with Crippen molar-refractivity contribution < 1.29 is 38.1 Å². The van der Waals surface area contributed by atoms with Gasteiger partial charge >= 0.3 is 17.9 Å². The number of esters is 3. The highest BCUT2D eigenvalue weighted by Crippen LogP contribution is 2.43. The first-order chi connectivity index (χ1) is 21.7. The molecule has 0 saturated heterocycles. The van der Waals surface area contributed by atoms with E-state index in [1.807, 2.05) is 43.4 Å². The average Bonchev–Trinajstić information content (AvgIpc) is 3.05. The van der Waals surface area contributed by atoms with Crippen molar-refractivity contribution in [1.82, 2.24) is 10.6 Å². The van der Waals surface area contributed by atoms with E-state index < -0.39 is 29.9 Å². The van der Waals surface area contributed by atoms with Crippen molar-refractivity contribution in [2.45, 2.75) is 44.8 Å². The molecule has 0 radical (unpaired) electrons. The van der Waals surface area contributed by atoms with Crippen LogP contribution in [0.25, 0.3) is 0 Å². The zero-order chi connectivity index (χ0) is 32.6. The molecule has 0 aliphatic heterocycles. The Hall–Kier alpha value is -4.12. The fourth-order valence-corrected chi connectivity index (χ4v) is 4.77. The lowest BCUT2D eigenvalue weighted by Crippen LogP contribution is -2.43. The van der Waals surface area contributed by atoms with Crippen molar-refractivity contribution in [3.8, 4) is 11.5 Å². The number of carbonyl (C=O) groups is 4. The second-order valence-corrected chi connectivity index (χ2v) is 10.7. The van der Waals surface area contributed by atoms with E-state index in [2.05, 4.69) is 10.6 Å². The van der Waals surface area contributed by atoms with Gasteiger partial charge in [-0.2, -0.15) is 0 Å². The molecule has 3 aromatic carbocycles. The van der Waals surface area contributed by atoms with Gasteiger partial charge < -0.3 is 29.6 Å².